The van der Waals surface area contributed by atoms with E-state index in [0.717, 1.165) is 34.0 Å². The summed E-state index contributed by atoms with van der Waals surface area (Å²) in [6.45, 7) is 1.42. The highest BCUT2D eigenvalue weighted by Gasteiger charge is 2.13. The molecule has 0 saturated carbocycles. The average Bonchev–Trinajstić information content (AvgIpc) is 3.37. The van der Waals surface area contributed by atoms with E-state index in [9.17, 15) is 4.79 Å². The van der Waals surface area contributed by atoms with Gasteiger partial charge in [-0.2, -0.15) is 0 Å². The lowest BCUT2D eigenvalue weighted by molar-refractivity contribution is -0.118. The van der Waals surface area contributed by atoms with Crippen molar-refractivity contribution >= 4 is 40.0 Å². The predicted molar refractivity (Wildman–Crippen MR) is 117 cm³/mol. The predicted octanol–water partition coefficient (Wildman–Crippen LogP) is 4.75. The molecule has 0 unspecified atom stereocenters. The summed E-state index contributed by atoms with van der Waals surface area (Å²) >= 11 is 3.15. The molecule has 6 heteroatoms. The van der Waals surface area contributed by atoms with E-state index >= 15 is 0 Å². The number of nitrogens with one attached hydrogen (secondary N) is 1. The molecule has 4 aromatic rings. The molecule has 0 bridgehead atoms. The number of rotatable bonds is 8. The highest BCUT2D eigenvalue weighted by molar-refractivity contribution is 7.99. The Labute approximate surface area is 172 Å². The van der Waals surface area contributed by atoms with Crippen LogP contribution < -0.4 is 5.32 Å². The maximum absolute atomic E-state index is 12.3. The molecule has 4 rings (SSSR count). The molecule has 0 aliphatic carbocycles. The van der Waals surface area contributed by atoms with Gasteiger partial charge in [-0.15, -0.1) is 11.3 Å². The summed E-state index contributed by atoms with van der Waals surface area (Å²) < 4.78 is 2.22. The van der Waals surface area contributed by atoms with Gasteiger partial charge in [0, 0.05) is 11.4 Å². The number of thioether (sulfide) groups is 1. The first kappa shape index (κ1) is 18.8. The van der Waals surface area contributed by atoms with Gasteiger partial charge in [0.15, 0.2) is 5.16 Å². The van der Waals surface area contributed by atoms with E-state index in [1.165, 1.54) is 17.3 Å². The molecule has 1 amide bonds. The Hall–Kier alpha value is -2.57. The first-order valence-electron chi connectivity index (χ1n) is 9.20. The molecule has 0 spiro atoms. The lowest BCUT2D eigenvalue weighted by Gasteiger charge is -2.09. The van der Waals surface area contributed by atoms with Crippen molar-refractivity contribution in [3.05, 3.63) is 82.6 Å². The molecule has 28 heavy (non-hydrogen) atoms. The fourth-order valence-electron chi connectivity index (χ4n) is 3.05. The van der Waals surface area contributed by atoms with Crippen LogP contribution in [0.4, 0.5) is 0 Å². The van der Waals surface area contributed by atoms with Crippen LogP contribution in [0, 0.1) is 0 Å². The number of para-hydroxylation sites is 2. The van der Waals surface area contributed by atoms with Gasteiger partial charge in [0.2, 0.25) is 5.91 Å². The molecule has 0 saturated heterocycles. The number of aromatic nitrogens is 2. The number of nitrogens with zero attached hydrogens (tertiary/aromatic N) is 2. The minimum atomic E-state index is 0.0278. The van der Waals surface area contributed by atoms with E-state index in [0.29, 0.717) is 12.3 Å². The number of fused-ring (bicyclic) bond motifs is 1. The zero-order valence-electron chi connectivity index (χ0n) is 15.4. The monoisotopic (exact) mass is 407 g/mol. The second-order valence-corrected chi connectivity index (χ2v) is 8.39. The van der Waals surface area contributed by atoms with E-state index in [1.807, 2.05) is 41.8 Å². The minimum Gasteiger partial charge on any atom is -0.350 e. The summed E-state index contributed by atoms with van der Waals surface area (Å²) in [5.41, 5.74) is 3.38. The topological polar surface area (TPSA) is 46.9 Å². The number of imidazole rings is 1. The van der Waals surface area contributed by atoms with E-state index in [2.05, 4.69) is 40.2 Å². The van der Waals surface area contributed by atoms with Gasteiger partial charge >= 0.3 is 0 Å². The number of hydrogen-bond acceptors (Lipinski definition) is 4. The summed E-state index contributed by atoms with van der Waals surface area (Å²) in [6, 6.07) is 22.6. The van der Waals surface area contributed by atoms with Gasteiger partial charge in [-0.25, -0.2) is 4.98 Å². The fourth-order valence-corrected chi connectivity index (χ4v) is 4.56. The van der Waals surface area contributed by atoms with E-state index < -0.39 is 0 Å². The van der Waals surface area contributed by atoms with Crippen molar-refractivity contribution in [3.63, 3.8) is 0 Å². The third kappa shape index (κ3) is 4.64. The Kier molecular flexibility index (Phi) is 6.09. The Bertz CT molecular complexity index is 1040. The van der Waals surface area contributed by atoms with Crippen LogP contribution in [0.15, 0.2) is 77.3 Å². The SMILES string of the molecule is O=C(CSc1nc2ccccc2n1CCc1ccccc1)NCc1cccs1. The molecule has 2 aromatic carbocycles. The Morgan fingerprint density at radius 3 is 2.68 bits per heavy atom. The largest absolute Gasteiger partial charge is 0.350 e. The number of carbonyl (C=O) groups is 1. The van der Waals surface area contributed by atoms with Gasteiger partial charge in [0.25, 0.3) is 0 Å². The number of benzene rings is 2. The smallest absolute Gasteiger partial charge is 0.230 e. The Balaban J connectivity index is 1.44. The third-order valence-electron chi connectivity index (χ3n) is 4.46. The molecule has 2 heterocycles. The number of carbonyl (C=O) groups excluding carboxylic acids is 1. The molecule has 0 radical (unpaired) electrons. The second-order valence-electron chi connectivity index (χ2n) is 6.42. The molecule has 0 fully saturated rings. The molecular weight excluding hydrogens is 386 g/mol. The first-order chi connectivity index (χ1) is 13.8. The zero-order valence-corrected chi connectivity index (χ0v) is 17.0. The van der Waals surface area contributed by atoms with E-state index in [-0.39, 0.29) is 5.91 Å². The minimum absolute atomic E-state index is 0.0278. The molecule has 0 aliphatic heterocycles. The van der Waals surface area contributed by atoms with Gasteiger partial charge in [-0.1, -0.05) is 60.3 Å². The number of thiophene rings is 1. The lowest BCUT2D eigenvalue weighted by atomic mass is 10.1. The number of hydrogen-bond donors (Lipinski definition) is 1. The van der Waals surface area contributed by atoms with Crippen LogP contribution in [0.25, 0.3) is 11.0 Å². The van der Waals surface area contributed by atoms with Crippen LogP contribution >= 0.6 is 23.1 Å². The van der Waals surface area contributed by atoms with Gasteiger partial charge in [-0.3, -0.25) is 4.79 Å². The van der Waals surface area contributed by atoms with Crippen LogP contribution in [0.1, 0.15) is 10.4 Å². The van der Waals surface area contributed by atoms with Crippen LogP contribution in [-0.2, 0) is 24.3 Å². The highest BCUT2D eigenvalue weighted by atomic mass is 32.2. The summed E-state index contributed by atoms with van der Waals surface area (Å²) in [5, 5.41) is 5.89. The summed E-state index contributed by atoms with van der Waals surface area (Å²) in [4.78, 5) is 18.2. The molecule has 142 valence electrons. The average molecular weight is 408 g/mol. The first-order valence-corrected chi connectivity index (χ1v) is 11.1. The van der Waals surface area contributed by atoms with E-state index in [4.69, 9.17) is 4.98 Å². The van der Waals surface area contributed by atoms with Crippen molar-refractivity contribution in [3.8, 4) is 0 Å². The fraction of sp³-hybridized carbons (Fsp3) is 0.182. The van der Waals surface area contributed by atoms with Crippen LogP contribution in [0.5, 0.6) is 0 Å². The van der Waals surface area contributed by atoms with Crippen molar-refractivity contribution in [2.24, 2.45) is 0 Å². The van der Waals surface area contributed by atoms with E-state index in [1.54, 1.807) is 11.3 Å². The summed E-state index contributed by atoms with van der Waals surface area (Å²) in [6.07, 6.45) is 0.930. The summed E-state index contributed by atoms with van der Waals surface area (Å²) in [5.74, 6) is 0.389. The second kappa shape index (κ2) is 9.08. The molecule has 0 atom stereocenters. The lowest BCUT2D eigenvalue weighted by Crippen LogP contribution is -2.24. The van der Waals surface area contributed by atoms with Crippen molar-refractivity contribution in [2.45, 2.75) is 24.7 Å². The number of amides is 1. The normalized spacial score (nSPS) is 11.0. The van der Waals surface area contributed by atoms with Gasteiger partial charge in [-0.05, 0) is 35.6 Å². The molecule has 0 aliphatic rings. The maximum Gasteiger partial charge on any atom is 0.230 e. The third-order valence-corrected chi connectivity index (χ3v) is 6.31. The van der Waals surface area contributed by atoms with Crippen molar-refractivity contribution in [1.29, 1.82) is 0 Å². The van der Waals surface area contributed by atoms with Crippen LogP contribution in [0.3, 0.4) is 0 Å². The van der Waals surface area contributed by atoms with Crippen molar-refractivity contribution in [2.75, 3.05) is 5.75 Å². The van der Waals surface area contributed by atoms with Gasteiger partial charge < -0.3 is 9.88 Å². The molecular formula is C22H21N3OS2. The highest BCUT2D eigenvalue weighted by Crippen LogP contribution is 2.24. The van der Waals surface area contributed by atoms with Gasteiger partial charge in [0.05, 0.1) is 23.3 Å². The molecule has 2 aromatic heterocycles. The number of aryl methyl sites for hydroxylation is 2. The van der Waals surface area contributed by atoms with Crippen LogP contribution in [-0.4, -0.2) is 21.2 Å². The molecule has 1 N–H and O–H groups in total. The Morgan fingerprint density at radius 1 is 1.04 bits per heavy atom. The quantitative estimate of drug-likeness (QED) is 0.429. The molecule has 4 nitrogen and oxygen atoms in total. The van der Waals surface area contributed by atoms with Crippen molar-refractivity contribution in [1.82, 2.24) is 14.9 Å². The van der Waals surface area contributed by atoms with Crippen molar-refractivity contribution < 1.29 is 4.79 Å². The Morgan fingerprint density at radius 2 is 1.86 bits per heavy atom. The maximum atomic E-state index is 12.3. The van der Waals surface area contributed by atoms with Gasteiger partial charge in [0.1, 0.15) is 0 Å². The standard InChI is InChI=1S/C22H21N3OS2/c26-21(23-15-18-9-6-14-27-18)16-28-22-24-19-10-4-5-11-20(19)25(22)13-12-17-7-2-1-3-8-17/h1-11,14H,12-13,15-16H2,(H,23,26). The summed E-state index contributed by atoms with van der Waals surface area (Å²) in [7, 11) is 0. The van der Waals surface area contributed by atoms with Crippen LogP contribution in [0.2, 0.25) is 0 Å². The zero-order chi connectivity index (χ0) is 19.2.